The lowest BCUT2D eigenvalue weighted by atomic mass is 10.1. The topological polar surface area (TPSA) is 25.8 Å². The third-order valence-electron chi connectivity index (χ3n) is 3.01. The molecule has 0 unspecified atom stereocenters. The normalized spacial score (nSPS) is 12.4. The first kappa shape index (κ1) is 8.60. The first-order chi connectivity index (χ1) is 7.25. The van der Waals surface area contributed by atoms with Crippen LogP contribution >= 0.6 is 0 Å². The van der Waals surface area contributed by atoms with Crippen LogP contribution in [0.3, 0.4) is 0 Å². The van der Waals surface area contributed by atoms with Gasteiger partial charge in [0.15, 0.2) is 0 Å². The van der Waals surface area contributed by atoms with E-state index in [0.717, 1.165) is 29.2 Å². The average molecular weight is 196 g/mol. The molecule has 0 amide bonds. The van der Waals surface area contributed by atoms with Crippen LogP contribution in [0.15, 0.2) is 24.3 Å². The van der Waals surface area contributed by atoms with Gasteiger partial charge in [-0.1, -0.05) is 24.3 Å². The highest BCUT2D eigenvalue weighted by atomic mass is 14.8. The molecule has 2 heteroatoms. The van der Waals surface area contributed by atoms with Crippen molar-refractivity contribution in [1.82, 2.24) is 9.97 Å². The number of benzene rings is 1. The molecule has 15 heavy (non-hydrogen) atoms. The second kappa shape index (κ2) is 2.89. The van der Waals surface area contributed by atoms with Gasteiger partial charge in [-0.2, -0.15) is 0 Å². The molecule has 1 aromatic heterocycles. The molecule has 74 valence electrons. The molecule has 1 heterocycles. The van der Waals surface area contributed by atoms with Gasteiger partial charge in [-0.25, -0.2) is 4.98 Å². The molecule has 1 aliphatic rings. The summed E-state index contributed by atoms with van der Waals surface area (Å²) in [6.45, 7) is 4.04. The van der Waals surface area contributed by atoms with Gasteiger partial charge in [0.1, 0.15) is 0 Å². The van der Waals surface area contributed by atoms with Crippen molar-refractivity contribution < 1.29 is 0 Å². The summed E-state index contributed by atoms with van der Waals surface area (Å²) >= 11 is 0. The van der Waals surface area contributed by atoms with Gasteiger partial charge in [0.05, 0.1) is 22.8 Å². The Morgan fingerprint density at radius 3 is 2.60 bits per heavy atom. The van der Waals surface area contributed by atoms with Crippen LogP contribution in [0.4, 0.5) is 0 Å². The van der Waals surface area contributed by atoms with Gasteiger partial charge >= 0.3 is 0 Å². The van der Waals surface area contributed by atoms with E-state index >= 15 is 0 Å². The van der Waals surface area contributed by atoms with E-state index in [1.165, 1.54) is 11.1 Å². The second-order valence-electron chi connectivity index (χ2n) is 4.02. The number of nitrogens with zero attached hydrogens (tertiary/aromatic N) is 2. The Morgan fingerprint density at radius 2 is 1.73 bits per heavy atom. The molecular formula is C13H12N2. The van der Waals surface area contributed by atoms with E-state index in [-0.39, 0.29) is 0 Å². The van der Waals surface area contributed by atoms with Gasteiger partial charge in [0.25, 0.3) is 0 Å². The van der Waals surface area contributed by atoms with Gasteiger partial charge in [-0.15, -0.1) is 0 Å². The molecule has 0 fully saturated rings. The van der Waals surface area contributed by atoms with Crippen LogP contribution in [0.2, 0.25) is 0 Å². The SMILES string of the molecule is Cc1nc2c(nc1C)-c1ccccc1C2. The first-order valence-corrected chi connectivity index (χ1v) is 5.18. The lowest BCUT2D eigenvalue weighted by Crippen LogP contribution is -1.97. The zero-order chi connectivity index (χ0) is 10.4. The minimum Gasteiger partial charge on any atom is -0.254 e. The fraction of sp³-hybridized carbons (Fsp3) is 0.231. The summed E-state index contributed by atoms with van der Waals surface area (Å²) in [5.74, 6) is 0. The van der Waals surface area contributed by atoms with E-state index in [2.05, 4.69) is 34.2 Å². The maximum atomic E-state index is 4.63. The Kier molecular flexibility index (Phi) is 1.66. The van der Waals surface area contributed by atoms with E-state index in [1.54, 1.807) is 0 Å². The molecule has 0 aliphatic heterocycles. The van der Waals surface area contributed by atoms with Crippen molar-refractivity contribution in [3.8, 4) is 11.3 Å². The predicted octanol–water partition coefficient (Wildman–Crippen LogP) is 2.66. The van der Waals surface area contributed by atoms with Crippen molar-refractivity contribution in [3.05, 3.63) is 46.9 Å². The van der Waals surface area contributed by atoms with Gasteiger partial charge in [0.2, 0.25) is 0 Å². The van der Waals surface area contributed by atoms with E-state index in [1.807, 2.05) is 13.8 Å². The van der Waals surface area contributed by atoms with Crippen LogP contribution in [0, 0.1) is 13.8 Å². The van der Waals surface area contributed by atoms with Crippen molar-refractivity contribution in [2.24, 2.45) is 0 Å². The summed E-state index contributed by atoms with van der Waals surface area (Å²) in [6.07, 6.45) is 0.930. The Labute approximate surface area is 89.0 Å². The molecule has 0 saturated carbocycles. The van der Waals surface area contributed by atoms with E-state index < -0.39 is 0 Å². The Morgan fingerprint density at radius 1 is 1.00 bits per heavy atom. The molecular weight excluding hydrogens is 184 g/mol. The van der Waals surface area contributed by atoms with E-state index in [4.69, 9.17) is 0 Å². The van der Waals surface area contributed by atoms with Crippen molar-refractivity contribution in [1.29, 1.82) is 0 Å². The lowest BCUT2D eigenvalue weighted by Gasteiger charge is -2.03. The smallest absolute Gasteiger partial charge is 0.0927 e. The van der Waals surface area contributed by atoms with Gasteiger partial charge in [-0.3, -0.25) is 4.98 Å². The quantitative estimate of drug-likeness (QED) is 0.552. The predicted molar refractivity (Wildman–Crippen MR) is 59.7 cm³/mol. The Hall–Kier alpha value is -1.70. The zero-order valence-electron chi connectivity index (χ0n) is 8.91. The molecule has 0 saturated heterocycles. The largest absolute Gasteiger partial charge is 0.254 e. The minimum absolute atomic E-state index is 0.930. The number of hydrogen-bond acceptors (Lipinski definition) is 2. The summed E-state index contributed by atoms with van der Waals surface area (Å²) in [5.41, 5.74) is 6.88. The van der Waals surface area contributed by atoms with Crippen molar-refractivity contribution >= 4 is 0 Å². The molecule has 1 aromatic carbocycles. The highest BCUT2D eigenvalue weighted by Gasteiger charge is 2.21. The molecule has 3 rings (SSSR count). The summed E-state index contributed by atoms with van der Waals surface area (Å²) in [6, 6.07) is 8.42. The maximum absolute atomic E-state index is 4.63. The molecule has 0 atom stereocenters. The standard InChI is InChI=1S/C13H12N2/c1-8-9(2)15-13-11-6-4-3-5-10(11)7-12(13)14-8/h3-6H,7H2,1-2H3. The summed E-state index contributed by atoms with van der Waals surface area (Å²) in [5, 5.41) is 0. The minimum atomic E-state index is 0.930. The van der Waals surface area contributed by atoms with Crippen LogP contribution in [0.25, 0.3) is 11.3 Å². The summed E-state index contributed by atoms with van der Waals surface area (Å²) in [4.78, 5) is 9.24. The Bertz CT molecular complexity index is 544. The van der Waals surface area contributed by atoms with Crippen LogP contribution < -0.4 is 0 Å². The number of fused-ring (bicyclic) bond motifs is 3. The van der Waals surface area contributed by atoms with Crippen LogP contribution in [-0.2, 0) is 6.42 Å². The maximum Gasteiger partial charge on any atom is 0.0927 e. The van der Waals surface area contributed by atoms with Crippen molar-refractivity contribution in [2.75, 3.05) is 0 Å². The lowest BCUT2D eigenvalue weighted by molar-refractivity contribution is 0.994. The Balaban J connectivity index is 2.29. The molecule has 0 N–H and O–H groups in total. The fourth-order valence-corrected chi connectivity index (χ4v) is 2.07. The fourth-order valence-electron chi connectivity index (χ4n) is 2.07. The van der Waals surface area contributed by atoms with Crippen LogP contribution in [0.1, 0.15) is 22.6 Å². The number of aromatic nitrogens is 2. The summed E-state index contributed by atoms with van der Waals surface area (Å²) < 4.78 is 0. The van der Waals surface area contributed by atoms with Crippen molar-refractivity contribution in [2.45, 2.75) is 20.3 Å². The molecule has 0 bridgehead atoms. The molecule has 0 radical (unpaired) electrons. The number of rotatable bonds is 0. The van der Waals surface area contributed by atoms with Gasteiger partial charge in [-0.05, 0) is 19.4 Å². The van der Waals surface area contributed by atoms with Gasteiger partial charge in [0, 0.05) is 12.0 Å². The molecule has 2 nitrogen and oxygen atoms in total. The molecule has 1 aliphatic carbocycles. The highest BCUT2D eigenvalue weighted by Crippen LogP contribution is 2.33. The second-order valence-corrected chi connectivity index (χ2v) is 4.02. The number of aryl methyl sites for hydroxylation is 2. The van der Waals surface area contributed by atoms with Gasteiger partial charge < -0.3 is 0 Å². The highest BCUT2D eigenvalue weighted by molar-refractivity contribution is 5.72. The van der Waals surface area contributed by atoms with Crippen molar-refractivity contribution in [3.63, 3.8) is 0 Å². The third kappa shape index (κ3) is 1.18. The summed E-state index contributed by atoms with van der Waals surface area (Å²) in [7, 11) is 0. The van der Waals surface area contributed by atoms with E-state index in [0.29, 0.717) is 0 Å². The third-order valence-corrected chi connectivity index (χ3v) is 3.01. The monoisotopic (exact) mass is 196 g/mol. The molecule has 0 spiro atoms. The van der Waals surface area contributed by atoms with E-state index in [9.17, 15) is 0 Å². The van der Waals surface area contributed by atoms with Crippen LogP contribution in [-0.4, -0.2) is 9.97 Å². The molecule has 2 aromatic rings. The average Bonchev–Trinajstić information content (AvgIpc) is 2.57. The first-order valence-electron chi connectivity index (χ1n) is 5.18. The number of hydrogen-bond donors (Lipinski definition) is 0. The van der Waals surface area contributed by atoms with Crippen LogP contribution in [0.5, 0.6) is 0 Å². The zero-order valence-corrected chi connectivity index (χ0v) is 8.91.